The summed E-state index contributed by atoms with van der Waals surface area (Å²) in [5, 5.41) is 16.8. The Morgan fingerprint density at radius 1 is 1.19 bits per heavy atom. The highest BCUT2D eigenvalue weighted by Crippen LogP contribution is 2.31. The largest absolute Gasteiger partial charge is 0.355 e. The second-order valence-electron chi connectivity index (χ2n) is 5.76. The first-order chi connectivity index (χ1) is 12.4. The lowest BCUT2D eigenvalue weighted by atomic mass is 10.1. The quantitative estimate of drug-likeness (QED) is 0.261. The van der Waals surface area contributed by atoms with Crippen molar-refractivity contribution in [2.75, 3.05) is 5.32 Å². The van der Waals surface area contributed by atoms with Crippen LogP contribution >= 0.6 is 38.5 Å². The molecule has 0 saturated carbocycles. The minimum Gasteiger partial charge on any atom is -0.355 e. The zero-order chi connectivity index (χ0) is 18.8. The maximum atomic E-state index is 12.1. The van der Waals surface area contributed by atoms with Crippen molar-refractivity contribution in [2.45, 2.75) is 13.8 Å². The Labute approximate surface area is 172 Å². The number of nitrogens with zero attached hydrogens (tertiary/aromatic N) is 2. The van der Waals surface area contributed by atoms with Gasteiger partial charge in [0.05, 0.1) is 22.6 Å². The predicted molar refractivity (Wildman–Crippen MR) is 112 cm³/mol. The lowest BCUT2D eigenvalue weighted by molar-refractivity contribution is 0.0707. The van der Waals surface area contributed by atoms with E-state index in [1.165, 1.54) is 0 Å². The highest BCUT2D eigenvalue weighted by atomic mass is 127. The lowest BCUT2D eigenvalue weighted by Crippen LogP contribution is -2.20. The minimum absolute atomic E-state index is 0.309. The van der Waals surface area contributed by atoms with Crippen LogP contribution in [0, 0.1) is 17.4 Å². The molecule has 6 nitrogen and oxygen atoms in total. The van der Waals surface area contributed by atoms with E-state index in [2.05, 4.69) is 48.9 Å². The number of rotatable bonds is 4. The fraction of sp³-hybridized carbons (Fsp3) is 0.111. The molecule has 8 heteroatoms. The first-order valence-electron chi connectivity index (χ1n) is 7.73. The molecule has 0 unspecified atom stereocenters. The topological polar surface area (TPSA) is 79.2 Å². The van der Waals surface area contributed by atoms with Crippen LogP contribution in [0.2, 0.25) is 0 Å². The summed E-state index contributed by atoms with van der Waals surface area (Å²) in [6, 6.07) is 13.2. The van der Waals surface area contributed by atoms with Gasteiger partial charge in [0.25, 0.3) is 5.91 Å². The van der Waals surface area contributed by atoms with Crippen LogP contribution in [0.3, 0.4) is 0 Å². The average molecular weight is 527 g/mol. The monoisotopic (exact) mass is 526 g/mol. The average Bonchev–Trinajstić information content (AvgIpc) is 2.95. The van der Waals surface area contributed by atoms with E-state index in [9.17, 15) is 4.79 Å². The molecule has 3 aromatic rings. The Balaban J connectivity index is 2.12. The Morgan fingerprint density at radius 2 is 1.88 bits per heavy atom. The normalized spacial score (nSPS) is 10.7. The van der Waals surface area contributed by atoms with Crippen LogP contribution in [-0.4, -0.2) is 20.9 Å². The van der Waals surface area contributed by atoms with Crippen molar-refractivity contribution in [3.8, 4) is 5.69 Å². The van der Waals surface area contributed by atoms with Crippen molar-refractivity contribution in [1.29, 1.82) is 0 Å². The summed E-state index contributed by atoms with van der Waals surface area (Å²) < 4.78 is 3.61. The zero-order valence-electron chi connectivity index (χ0n) is 14.0. The van der Waals surface area contributed by atoms with Gasteiger partial charge in [0.1, 0.15) is 0 Å². The van der Waals surface area contributed by atoms with E-state index in [4.69, 9.17) is 5.21 Å². The smallest absolute Gasteiger partial charge is 0.276 e. The molecule has 0 bridgehead atoms. The Hall–Kier alpha value is -1.91. The summed E-state index contributed by atoms with van der Waals surface area (Å²) in [6.07, 6.45) is 0. The van der Waals surface area contributed by atoms with E-state index in [-0.39, 0.29) is 0 Å². The van der Waals surface area contributed by atoms with Crippen LogP contribution in [0.4, 0.5) is 11.4 Å². The van der Waals surface area contributed by atoms with Gasteiger partial charge >= 0.3 is 0 Å². The van der Waals surface area contributed by atoms with Crippen LogP contribution in [0.5, 0.6) is 0 Å². The molecule has 1 aromatic heterocycles. The fourth-order valence-corrected chi connectivity index (χ4v) is 3.51. The number of hydrogen-bond donors (Lipinski definition) is 3. The molecule has 0 aliphatic carbocycles. The van der Waals surface area contributed by atoms with Gasteiger partial charge in [-0.15, -0.1) is 0 Å². The molecule has 1 heterocycles. The van der Waals surface area contributed by atoms with Gasteiger partial charge in [-0.3, -0.25) is 10.0 Å². The molecule has 134 valence electrons. The van der Waals surface area contributed by atoms with E-state index in [0.29, 0.717) is 15.7 Å². The van der Waals surface area contributed by atoms with Gasteiger partial charge in [0.2, 0.25) is 0 Å². The third-order valence-electron chi connectivity index (χ3n) is 3.79. The summed E-state index contributed by atoms with van der Waals surface area (Å²) in [4.78, 5) is 12.1. The van der Waals surface area contributed by atoms with Crippen LogP contribution in [0.1, 0.15) is 21.7 Å². The summed E-state index contributed by atoms with van der Waals surface area (Å²) in [5.74, 6) is -0.598. The van der Waals surface area contributed by atoms with Gasteiger partial charge in [-0.05, 0) is 94.8 Å². The molecule has 0 aliphatic heterocycles. The Morgan fingerprint density at radius 3 is 2.46 bits per heavy atom. The highest BCUT2D eigenvalue weighted by Gasteiger charge is 2.17. The maximum Gasteiger partial charge on any atom is 0.276 e. The number of nitrogens with one attached hydrogen (secondary N) is 2. The number of benzene rings is 2. The second kappa shape index (κ2) is 7.77. The van der Waals surface area contributed by atoms with Gasteiger partial charge in [-0.1, -0.05) is 0 Å². The first-order valence-corrected chi connectivity index (χ1v) is 9.60. The molecule has 2 aromatic carbocycles. The van der Waals surface area contributed by atoms with Crippen molar-refractivity contribution in [2.24, 2.45) is 0 Å². The molecule has 26 heavy (non-hydrogen) atoms. The zero-order valence-corrected chi connectivity index (χ0v) is 17.8. The standard InChI is InChI=1S/C18H16BrIN4O2/c1-10-7-11(2)24(22-10)17-9-16(14(8-15(17)19)18(25)23-26)21-13-5-3-12(20)4-6-13/h3-9,21,26H,1-2H3,(H,23,25). The van der Waals surface area contributed by atoms with Crippen LogP contribution in [-0.2, 0) is 0 Å². The number of aromatic nitrogens is 2. The van der Waals surface area contributed by atoms with Gasteiger partial charge < -0.3 is 5.32 Å². The number of hydrogen-bond acceptors (Lipinski definition) is 4. The summed E-state index contributed by atoms with van der Waals surface area (Å²) in [6.45, 7) is 3.89. The summed E-state index contributed by atoms with van der Waals surface area (Å²) >= 11 is 5.73. The predicted octanol–water partition coefficient (Wildman–Crippen LogP) is 4.72. The third-order valence-corrected chi connectivity index (χ3v) is 5.15. The molecular formula is C18H16BrIN4O2. The number of carbonyl (C=O) groups excluding carboxylic acids is 1. The molecule has 0 radical (unpaired) electrons. The van der Waals surface area contributed by atoms with Crippen LogP contribution < -0.4 is 10.8 Å². The Bertz CT molecular complexity index is 970. The minimum atomic E-state index is -0.598. The van der Waals surface area contributed by atoms with Crippen LogP contribution in [0.25, 0.3) is 5.69 Å². The first kappa shape index (κ1) is 18.9. The SMILES string of the molecule is Cc1cc(C)n(-c2cc(Nc3ccc(I)cc3)c(C(=O)NO)cc2Br)n1. The molecule has 3 N–H and O–H groups in total. The molecule has 0 saturated heterocycles. The maximum absolute atomic E-state index is 12.1. The van der Waals surface area contributed by atoms with Gasteiger partial charge in [0, 0.05) is 19.4 Å². The molecule has 0 fully saturated rings. The lowest BCUT2D eigenvalue weighted by Gasteiger charge is -2.15. The number of anilines is 2. The summed E-state index contributed by atoms with van der Waals surface area (Å²) in [5.41, 5.74) is 6.06. The van der Waals surface area contributed by atoms with Crippen molar-refractivity contribution >= 4 is 55.8 Å². The molecule has 0 atom stereocenters. The van der Waals surface area contributed by atoms with Gasteiger partial charge in [0.15, 0.2) is 0 Å². The molecule has 0 spiro atoms. The number of halogens is 2. The van der Waals surface area contributed by atoms with Crippen molar-refractivity contribution in [1.82, 2.24) is 15.3 Å². The van der Waals surface area contributed by atoms with Crippen LogP contribution in [0.15, 0.2) is 46.9 Å². The van der Waals surface area contributed by atoms with E-state index >= 15 is 0 Å². The summed E-state index contributed by atoms with van der Waals surface area (Å²) in [7, 11) is 0. The number of aryl methyl sites for hydroxylation is 2. The number of hydroxylamine groups is 1. The van der Waals surface area contributed by atoms with E-state index in [0.717, 1.165) is 26.3 Å². The van der Waals surface area contributed by atoms with E-state index < -0.39 is 5.91 Å². The Kier molecular flexibility index (Phi) is 5.64. The van der Waals surface area contributed by atoms with Gasteiger partial charge in [-0.25, -0.2) is 10.2 Å². The molecule has 1 amide bonds. The molecule has 3 rings (SSSR count). The molecular weight excluding hydrogens is 511 g/mol. The third kappa shape index (κ3) is 3.92. The highest BCUT2D eigenvalue weighted by molar-refractivity contribution is 14.1. The van der Waals surface area contributed by atoms with Crippen molar-refractivity contribution in [3.63, 3.8) is 0 Å². The van der Waals surface area contributed by atoms with E-state index in [1.807, 2.05) is 50.2 Å². The van der Waals surface area contributed by atoms with Crippen molar-refractivity contribution < 1.29 is 10.0 Å². The van der Waals surface area contributed by atoms with E-state index in [1.54, 1.807) is 16.2 Å². The second-order valence-corrected chi connectivity index (χ2v) is 7.86. The number of amides is 1. The fourth-order valence-electron chi connectivity index (χ4n) is 2.64. The van der Waals surface area contributed by atoms with Gasteiger partial charge in [-0.2, -0.15) is 5.10 Å². The number of carbonyl (C=O) groups is 1. The van der Waals surface area contributed by atoms with Crippen molar-refractivity contribution in [3.05, 3.63) is 67.5 Å². The molecule has 0 aliphatic rings.